The van der Waals surface area contributed by atoms with Crippen molar-refractivity contribution in [3.05, 3.63) is 123 Å². The fourth-order valence-corrected chi connectivity index (χ4v) is 5.82. The monoisotopic (exact) mass is 582 g/mol. The van der Waals surface area contributed by atoms with Gasteiger partial charge < -0.3 is 10.1 Å². The molecule has 38 heavy (non-hydrogen) atoms. The first-order chi connectivity index (χ1) is 18.5. The van der Waals surface area contributed by atoms with Gasteiger partial charge in [-0.15, -0.1) is 6.58 Å². The third-order valence-electron chi connectivity index (χ3n) is 6.28. The van der Waals surface area contributed by atoms with Gasteiger partial charge in [-0.2, -0.15) is 0 Å². The SMILES string of the molecule is C=CCc1cc(/C=C2\SC(=Nc3ccc(CC)cc3)NC2=O)cc(Br)c1OCc1cccc2ccccc12. The lowest BCUT2D eigenvalue weighted by molar-refractivity contribution is -0.115. The number of rotatable bonds is 8. The van der Waals surface area contributed by atoms with E-state index in [-0.39, 0.29) is 5.91 Å². The number of benzene rings is 4. The Morgan fingerprint density at radius 2 is 1.82 bits per heavy atom. The molecule has 0 saturated carbocycles. The second-order valence-corrected chi connectivity index (χ2v) is 10.8. The van der Waals surface area contributed by atoms with Crippen molar-refractivity contribution in [3.63, 3.8) is 0 Å². The van der Waals surface area contributed by atoms with Gasteiger partial charge in [0, 0.05) is 0 Å². The molecular weight excluding hydrogens is 556 g/mol. The van der Waals surface area contributed by atoms with E-state index < -0.39 is 0 Å². The Bertz CT molecular complexity index is 1570. The molecule has 1 fully saturated rings. The van der Waals surface area contributed by atoms with Crippen LogP contribution in [0.3, 0.4) is 0 Å². The molecule has 0 bridgehead atoms. The second kappa shape index (κ2) is 11.8. The molecule has 0 spiro atoms. The van der Waals surface area contributed by atoms with Crippen LogP contribution in [0, 0.1) is 0 Å². The zero-order valence-corrected chi connectivity index (χ0v) is 23.4. The summed E-state index contributed by atoms with van der Waals surface area (Å²) < 4.78 is 7.17. The van der Waals surface area contributed by atoms with Gasteiger partial charge in [0.05, 0.1) is 15.1 Å². The lowest BCUT2D eigenvalue weighted by Crippen LogP contribution is -2.19. The van der Waals surface area contributed by atoms with Gasteiger partial charge in [-0.1, -0.05) is 67.6 Å². The van der Waals surface area contributed by atoms with Crippen LogP contribution in [0.4, 0.5) is 5.69 Å². The number of hydrogen-bond acceptors (Lipinski definition) is 4. The van der Waals surface area contributed by atoms with Gasteiger partial charge in [0.15, 0.2) is 5.17 Å². The highest BCUT2D eigenvalue weighted by atomic mass is 79.9. The van der Waals surface area contributed by atoms with Crippen LogP contribution in [0.2, 0.25) is 0 Å². The second-order valence-electron chi connectivity index (χ2n) is 8.91. The Labute approximate surface area is 235 Å². The van der Waals surface area contributed by atoms with Gasteiger partial charge in [0.25, 0.3) is 5.91 Å². The Balaban J connectivity index is 1.37. The van der Waals surface area contributed by atoms with E-state index in [4.69, 9.17) is 4.74 Å². The Morgan fingerprint density at radius 3 is 2.61 bits per heavy atom. The quantitative estimate of drug-likeness (QED) is 0.168. The van der Waals surface area contributed by atoms with E-state index >= 15 is 0 Å². The van der Waals surface area contributed by atoms with Crippen molar-refractivity contribution in [2.75, 3.05) is 0 Å². The number of ether oxygens (including phenoxy) is 1. The number of amides is 1. The highest BCUT2D eigenvalue weighted by molar-refractivity contribution is 9.10. The normalized spacial score (nSPS) is 15.3. The van der Waals surface area contributed by atoms with Crippen LogP contribution in [0.1, 0.15) is 29.2 Å². The molecule has 1 amide bonds. The predicted molar refractivity (Wildman–Crippen MR) is 163 cm³/mol. The van der Waals surface area contributed by atoms with E-state index in [0.29, 0.717) is 23.1 Å². The van der Waals surface area contributed by atoms with E-state index in [1.807, 2.05) is 48.6 Å². The Hall–Kier alpha value is -3.61. The maximum atomic E-state index is 12.7. The summed E-state index contributed by atoms with van der Waals surface area (Å²) in [6.07, 6.45) is 5.36. The highest BCUT2D eigenvalue weighted by Crippen LogP contribution is 2.35. The largest absolute Gasteiger partial charge is 0.487 e. The molecule has 0 aromatic heterocycles. The first-order valence-electron chi connectivity index (χ1n) is 12.5. The summed E-state index contributed by atoms with van der Waals surface area (Å²) in [6.45, 7) is 6.49. The highest BCUT2D eigenvalue weighted by Gasteiger charge is 2.24. The molecule has 1 aliphatic rings. The number of amidine groups is 1. The summed E-state index contributed by atoms with van der Waals surface area (Å²) in [5.41, 5.74) is 5.09. The van der Waals surface area contributed by atoms with Crippen molar-refractivity contribution in [1.29, 1.82) is 0 Å². The van der Waals surface area contributed by atoms with Gasteiger partial charge in [-0.25, -0.2) is 4.99 Å². The number of carbonyl (C=O) groups is 1. The molecular formula is C32H27BrN2O2S. The molecule has 1 aliphatic heterocycles. The van der Waals surface area contributed by atoms with E-state index in [0.717, 1.165) is 39.0 Å². The van der Waals surface area contributed by atoms with Crippen LogP contribution in [0.15, 0.2) is 106 Å². The third-order valence-corrected chi connectivity index (χ3v) is 7.78. The number of carbonyl (C=O) groups excluding carboxylic acids is 1. The standard InChI is InChI=1S/C32H27BrN2O2S/c1-3-8-24-17-22(19-29-31(36)35-32(38-29)34-26-15-13-21(4-2)14-16-26)18-28(33)30(24)37-20-25-11-7-10-23-9-5-6-12-27(23)25/h3,5-7,9-19H,1,4,8,20H2,2H3,(H,34,35,36)/b29-19-. The molecule has 1 saturated heterocycles. The maximum absolute atomic E-state index is 12.7. The fraction of sp³-hybridized carbons (Fsp3) is 0.125. The number of nitrogens with one attached hydrogen (secondary N) is 1. The van der Waals surface area contributed by atoms with Gasteiger partial charge in [0.1, 0.15) is 12.4 Å². The molecule has 1 N–H and O–H groups in total. The Kier molecular flexibility index (Phi) is 8.11. The smallest absolute Gasteiger partial charge is 0.264 e. The van der Waals surface area contributed by atoms with Crippen molar-refractivity contribution >= 4 is 61.3 Å². The summed E-state index contributed by atoms with van der Waals surface area (Å²) in [5, 5.41) is 5.82. The lowest BCUT2D eigenvalue weighted by atomic mass is 10.0. The van der Waals surface area contributed by atoms with Gasteiger partial charge in [0.2, 0.25) is 0 Å². The van der Waals surface area contributed by atoms with Gasteiger partial charge in [-0.3, -0.25) is 4.79 Å². The zero-order chi connectivity index (χ0) is 26.5. The summed E-state index contributed by atoms with van der Waals surface area (Å²) >= 11 is 5.04. The number of nitrogens with zero attached hydrogens (tertiary/aromatic N) is 1. The van der Waals surface area contributed by atoms with Gasteiger partial charge >= 0.3 is 0 Å². The minimum Gasteiger partial charge on any atom is -0.487 e. The molecule has 6 heteroatoms. The number of thioether (sulfide) groups is 1. The van der Waals surface area contributed by atoms with E-state index in [9.17, 15) is 4.79 Å². The number of hydrogen-bond donors (Lipinski definition) is 1. The maximum Gasteiger partial charge on any atom is 0.264 e. The summed E-state index contributed by atoms with van der Waals surface area (Å²) in [5.74, 6) is 0.623. The van der Waals surface area contributed by atoms with Crippen molar-refractivity contribution in [3.8, 4) is 5.75 Å². The van der Waals surface area contributed by atoms with E-state index in [2.05, 4.69) is 82.2 Å². The van der Waals surface area contributed by atoms with Gasteiger partial charge in [-0.05, 0) is 104 Å². The number of halogens is 1. The molecule has 0 aliphatic carbocycles. The first-order valence-corrected chi connectivity index (χ1v) is 14.1. The van der Waals surface area contributed by atoms with E-state index in [1.54, 1.807) is 0 Å². The number of allylic oxidation sites excluding steroid dienone is 1. The predicted octanol–water partition coefficient (Wildman–Crippen LogP) is 8.36. The molecule has 190 valence electrons. The Morgan fingerprint density at radius 1 is 1.03 bits per heavy atom. The first kappa shape index (κ1) is 26.0. The molecule has 4 aromatic rings. The molecule has 0 radical (unpaired) electrons. The van der Waals surface area contributed by atoms with Crippen LogP contribution in [0.5, 0.6) is 5.75 Å². The van der Waals surface area contributed by atoms with Crippen molar-refractivity contribution in [2.24, 2.45) is 4.99 Å². The lowest BCUT2D eigenvalue weighted by Gasteiger charge is -2.15. The topological polar surface area (TPSA) is 50.7 Å². The van der Waals surface area contributed by atoms with Crippen LogP contribution < -0.4 is 10.1 Å². The summed E-state index contributed by atoms with van der Waals surface area (Å²) in [7, 11) is 0. The zero-order valence-electron chi connectivity index (χ0n) is 21.0. The molecule has 0 atom stereocenters. The van der Waals surface area contributed by atoms with Crippen molar-refractivity contribution in [1.82, 2.24) is 5.32 Å². The molecule has 5 rings (SSSR count). The molecule has 4 aromatic carbocycles. The van der Waals surface area contributed by atoms with Crippen molar-refractivity contribution < 1.29 is 9.53 Å². The molecule has 4 nitrogen and oxygen atoms in total. The number of fused-ring (bicyclic) bond motifs is 1. The minimum atomic E-state index is -0.156. The summed E-state index contributed by atoms with van der Waals surface area (Å²) in [4.78, 5) is 17.9. The third kappa shape index (κ3) is 5.93. The minimum absolute atomic E-state index is 0.156. The van der Waals surface area contributed by atoms with E-state index in [1.165, 1.54) is 28.1 Å². The fourth-order valence-electron chi connectivity index (χ4n) is 4.35. The molecule has 1 heterocycles. The van der Waals surface area contributed by atoms with Crippen LogP contribution in [0.25, 0.3) is 16.8 Å². The number of aliphatic imine (C=N–C) groups is 1. The number of aryl methyl sites for hydroxylation is 1. The van der Waals surface area contributed by atoms with Crippen LogP contribution >= 0.6 is 27.7 Å². The molecule has 0 unspecified atom stereocenters. The average molecular weight is 584 g/mol. The van der Waals surface area contributed by atoms with Crippen LogP contribution in [-0.4, -0.2) is 11.1 Å². The van der Waals surface area contributed by atoms with Crippen molar-refractivity contribution in [2.45, 2.75) is 26.4 Å². The summed E-state index contributed by atoms with van der Waals surface area (Å²) in [6, 6.07) is 26.6. The van der Waals surface area contributed by atoms with Crippen LogP contribution in [-0.2, 0) is 24.2 Å². The average Bonchev–Trinajstić information content (AvgIpc) is 3.26.